The van der Waals surface area contributed by atoms with E-state index < -0.39 is 12.2 Å². The summed E-state index contributed by atoms with van der Waals surface area (Å²) in [6, 6.07) is 5.54. The molecule has 124 valence electrons. The van der Waals surface area contributed by atoms with E-state index in [0.717, 1.165) is 31.2 Å². The van der Waals surface area contributed by atoms with Crippen LogP contribution in [0.25, 0.3) is 0 Å². The summed E-state index contributed by atoms with van der Waals surface area (Å²) in [6.07, 6.45) is 2.45. The van der Waals surface area contributed by atoms with Crippen molar-refractivity contribution in [1.82, 2.24) is 0 Å². The Morgan fingerprint density at radius 2 is 1.52 bits per heavy atom. The van der Waals surface area contributed by atoms with Crippen LogP contribution in [-0.2, 0) is 19.1 Å². The zero-order valence-electron chi connectivity index (χ0n) is 13.3. The minimum Gasteiger partial charge on any atom is -0.368 e. The van der Waals surface area contributed by atoms with Gasteiger partial charge in [-0.15, -0.1) is 0 Å². The van der Waals surface area contributed by atoms with Gasteiger partial charge in [0, 0.05) is 13.2 Å². The molecule has 0 aliphatic carbocycles. The lowest BCUT2D eigenvalue weighted by molar-refractivity contribution is -0.125. The Labute approximate surface area is 135 Å². The number of nitrogens with one attached hydrogen (secondary N) is 2. The molecule has 6 heteroatoms. The molecular formula is C17H22N2O4. The number of aryl methyl sites for hydroxylation is 1. The predicted molar refractivity (Wildman–Crippen MR) is 86.4 cm³/mol. The van der Waals surface area contributed by atoms with Crippen LogP contribution in [0.5, 0.6) is 0 Å². The summed E-state index contributed by atoms with van der Waals surface area (Å²) < 4.78 is 10.8. The molecule has 2 atom stereocenters. The highest BCUT2D eigenvalue weighted by atomic mass is 16.5. The standard InChI is InChI=1S/C17H22N2O4/c1-11-6-7-12(18-16(20)14-4-2-8-22-14)13(10-11)19-17(21)15-5-3-9-23-15/h6-7,10,14-15H,2-5,8-9H2,1H3,(H,18,20)(H,19,21)/t14-,15-/m0/s1. The number of rotatable bonds is 4. The number of hydrogen-bond donors (Lipinski definition) is 2. The Balaban J connectivity index is 1.71. The molecule has 2 N–H and O–H groups in total. The van der Waals surface area contributed by atoms with E-state index in [0.29, 0.717) is 24.6 Å². The van der Waals surface area contributed by atoms with Gasteiger partial charge < -0.3 is 20.1 Å². The highest BCUT2D eigenvalue weighted by molar-refractivity contribution is 6.02. The maximum Gasteiger partial charge on any atom is 0.253 e. The maximum atomic E-state index is 12.2. The molecule has 0 bridgehead atoms. The second-order valence-electron chi connectivity index (χ2n) is 6.03. The van der Waals surface area contributed by atoms with Gasteiger partial charge in [-0.2, -0.15) is 0 Å². The van der Waals surface area contributed by atoms with E-state index in [4.69, 9.17) is 9.47 Å². The van der Waals surface area contributed by atoms with Crippen molar-refractivity contribution in [1.29, 1.82) is 0 Å². The molecule has 0 spiro atoms. The Morgan fingerprint density at radius 3 is 2.04 bits per heavy atom. The smallest absolute Gasteiger partial charge is 0.253 e. The number of benzene rings is 1. The number of carbonyl (C=O) groups is 2. The first-order valence-corrected chi connectivity index (χ1v) is 8.09. The van der Waals surface area contributed by atoms with E-state index in [1.54, 1.807) is 6.07 Å². The van der Waals surface area contributed by atoms with Crippen LogP contribution in [0.15, 0.2) is 18.2 Å². The first-order chi connectivity index (χ1) is 11.1. The zero-order valence-corrected chi connectivity index (χ0v) is 13.3. The second kappa shape index (κ2) is 7.10. The Hall–Kier alpha value is -1.92. The van der Waals surface area contributed by atoms with Crippen molar-refractivity contribution < 1.29 is 19.1 Å². The molecule has 2 amide bonds. The van der Waals surface area contributed by atoms with Gasteiger partial charge in [0.1, 0.15) is 12.2 Å². The van der Waals surface area contributed by atoms with Crippen molar-refractivity contribution in [3.05, 3.63) is 23.8 Å². The molecule has 0 aromatic heterocycles. The number of ether oxygens (including phenoxy) is 2. The summed E-state index contributed by atoms with van der Waals surface area (Å²) in [7, 11) is 0. The molecule has 2 fully saturated rings. The monoisotopic (exact) mass is 318 g/mol. The van der Waals surface area contributed by atoms with Crippen LogP contribution in [0.2, 0.25) is 0 Å². The number of anilines is 2. The van der Waals surface area contributed by atoms with Crippen LogP contribution < -0.4 is 10.6 Å². The van der Waals surface area contributed by atoms with Gasteiger partial charge in [0.05, 0.1) is 11.4 Å². The molecule has 6 nitrogen and oxygen atoms in total. The van der Waals surface area contributed by atoms with E-state index >= 15 is 0 Å². The summed E-state index contributed by atoms with van der Waals surface area (Å²) in [6.45, 7) is 3.18. The van der Waals surface area contributed by atoms with E-state index in [1.165, 1.54) is 0 Å². The summed E-state index contributed by atoms with van der Waals surface area (Å²) >= 11 is 0. The molecule has 23 heavy (non-hydrogen) atoms. The van der Waals surface area contributed by atoms with Crippen LogP contribution in [0.3, 0.4) is 0 Å². The fraction of sp³-hybridized carbons (Fsp3) is 0.529. The van der Waals surface area contributed by atoms with Crippen molar-refractivity contribution >= 4 is 23.2 Å². The molecule has 0 radical (unpaired) electrons. The molecule has 2 saturated heterocycles. The van der Waals surface area contributed by atoms with Gasteiger partial charge in [0.2, 0.25) is 0 Å². The van der Waals surface area contributed by atoms with Crippen LogP contribution in [-0.4, -0.2) is 37.2 Å². The van der Waals surface area contributed by atoms with Gasteiger partial charge in [-0.3, -0.25) is 9.59 Å². The second-order valence-corrected chi connectivity index (χ2v) is 6.03. The van der Waals surface area contributed by atoms with Crippen LogP contribution in [0, 0.1) is 6.92 Å². The SMILES string of the molecule is Cc1ccc(NC(=O)[C@@H]2CCCO2)c(NC(=O)[C@@H]2CCCO2)c1. The number of hydrogen-bond acceptors (Lipinski definition) is 4. The van der Waals surface area contributed by atoms with E-state index in [9.17, 15) is 9.59 Å². The Kier molecular flexibility index (Phi) is 4.93. The van der Waals surface area contributed by atoms with Crippen molar-refractivity contribution in [2.45, 2.75) is 44.8 Å². The first kappa shape index (κ1) is 16.0. The topological polar surface area (TPSA) is 76.7 Å². The molecule has 3 rings (SSSR count). The molecule has 1 aromatic rings. The summed E-state index contributed by atoms with van der Waals surface area (Å²) in [5.74, 6) is -0.334. The summed E-state index contributed by atoms with van der Waals surface area (Å²) in [5, 5.41) is 5.73. The zero-order chi connectivity index (χ0) is 16.2. The predicted octanol–water partition coefficient (Wildman–Crippen LogP) is 2.23. The number of carbonyl (C=O) groups excluding carboxylic acids is 2. The highest BCUT2D eigenvalue weighted by Gasteiger charge is 2.26. The van der Waals surface area contributed by atoms with Gasteiger partial charge in [-0.05, 0) is 50.3 Å². The van der Waals surface area contributed by atoms with Gasteiger partial charge >= 0.3 is 0 Å². The molecule has 1 aromatic carbocycles. The van der Waals surface area contributed by atoms with Crippen molar-refractivity contribution in [3.8, 4) is 0 Å². The molecule has 0 saturated carbocycles. The number of amides is 2. The van der Waals surface area contributed by atoms with Crippen LogP contribution in [0.1, 0.15) is 31.2 Å². The largest absolute Gasteiger partial charge is 0.368 e. The van der Waals surface area contributed by atoms with Gasteiger partial charge in [0.25, 0.3) is 11.8 Å². The molecule has 0 unspecified atom stereocenters. The minimum atomic E-state index is -0.405. The average molecular weight is 318 g/mol. The maximum absolute atomic E-state index is 12.2. The fourth-order valence-corrected chi connectivity index (χ4v) is 2.87. The van der Waals surface area contributed by atoms with Crippen molar-refractivity contribution in [2.24, 2.45) is 0 Å². The summed E-state index contributed by atoms with van der Waals surface area (Å²) in [4.78, 5) is 24.5. The van der Waals surface area contributed by atoms with Gasteiger partial charge in [0.15, 0.2) is 0 Å². The normalized spacial score (nSPS) is 23.7. The first-order valence-electron chi connectivity index (χ1n) is 8.09. The molecular weight excluding hydrogens is 296 g/mol. The van der Waals surface area contributed by atoms with Crippen LogP contribution in [0.4, 0.5) is 11.4 Å². The molecule has 2 aliphatic rings. The lowest BCUT2D eigenvalue weighted by Gasteiger charge is -2.17. The van der Waals surface area contributed by atoms with E-state index in [-0.39, 0.29) is 11.8 Å². The fourth-order valence-electron chi connectivity index (χ4n) is 2.87. The summed E-state index contributed by atoms with van der Waals surface area (Å²) in [5.41, 5.74) is 2.18. The lowest BCUT2D eigenvalue weighted by Crippen LogP contribution is -2.29. The van der Waals surface area contributed by atoms with Gasteiger partial charge in [-0.1, -0.05) is 6.07 Å². The Morgan fingerprint density at radius 1 is 0.957 bits per heavy atom. The minimum absolute atomic E-state index is 0.166. The van der Waals surface area contributed by atoms with Crippen molar-refractivity contribution in [3.63, 3.8) is 0 Å². The third-order valence-corrected chi connectivity index (χ3v) is 4.14. The third-order valence-electron chi connectivity index (χ3n) is 4.14. The van der Waals surface area contributed by atoms with E-state index in [2.05, 4.69) is 10.6 Å². The molecule has 2 heterocycles. The third kappa shape index (κ3) is 3.89. The van der Waals surface area contributed by atoms with E-state index in [1.807, 2.05) is 19.1 Å². The quantitative estimate of drug-likeness (QED) is 0.892. The Bertz CT molecular complexity index is 590. The lowest BCUT2D eigenvalue weighted by atomic mass is 10.1. The average Bonchev–Trinajstić information content (AvgIpc) is 3.23. The van der Waals surface area contributed by atoms with Crippen molar-refractivity contribution in [2.75, 3.05) is 23.8 Å². The van der Waals surface area contributed by atoms with Crippen LogP contribution >= 0.6 is 0 Å². The highest BCUT2D eigenvalue weighted by Crippen LogP contribution is 2.26. The molecule has 2 aliphatic heterocycles. The van der Waals surface area contributed by atoms with Gasteiger partial charge in [-0.25, -0.2) is 0 Å².